The van der Waals surface area contributed by atoms with Crippen molar-refractivity contribution in [3.8, 4) is 17.3 Å². The van der Waals surface area contributed by atoms with Crippen molar-refractivity contribution in [3.63, 3.8) is 0 Å². The number of anilines is 1. The van der Waals surface area contributed by atoms with Crippen molar-refractivity contribution in [3.05, 3.63) is 80.0 Å². The topological polar surface area (TPSA) is 208 Å². The zero-order valence-electron chi connectivity index (χ0n) is 22.3. The fourth-order valence-electron chi connectivity index (χ4n) is 3.75. The average Bonchev–Trinajstić information content (AvgIpc) is 3.61. The lowest BCUT2D eigenvalue weighted by Crippen LogP contribution is -2.27. The van der Waals surface area contributed by atoms with Crippen LogP contribution in [0.3, 0.4) is 0 Å². The Morgan fingerprint density at radius 2 is 1.93 bits per heavy atom. The summed E-state index contributed by atoms with van der Waals surface area (Å²) in [6, 6.07) is 7.00. The van der Waals surface area contributed by atoms with Gasteiger partial charge in [0.05, 0.1) is 12.6 Å². The fraction of sp³-hybridized carbons (Fsp3) is 0.200. The van der Waals surface area contributed by atoms with Gasteiger partial charge in [0.1, 0.15) is 30.8 Å². The van der Waals surface area contributed by atoms with Crippen LogP contribution in [0.25, 0.3) is 5.82 Å². The second-order valence-electron chi connectivity index (χ2n) is 8.62. The minimum absolute atomic E-state index is 0.0249. The number of hydrogen-bond donors (Lipinski definition) is 5. The van der Waals surface area contributed by atoms with Crippen LogP contribution in [0.4, 0.5) is 23.2 Å². The quantitative estimate of drug-likeness (QED) is 0.0501. The Hall–Kier alpha value is -5.46. The van der Waals surface area contributed by atoms with Crippen LogP contribution in [0.1, 0.15) is 32.7 Å². The van der Waals surface area contributed by atoms with Gasteiger partial charge in [-0.3, -0.25) is 10.4 Å². The Morgan fingerprint density at radius 1 is 1.23 bits per heavy atom. The summed E-state index contributed by atoms with van der Waals surface area (Å²) < 4.78 is 68.4. The Labute approximate surface area is 247 Å². The summed E-state index contributed by atoms with van der Waals surface area (Å²) >= 11 is 0.749. The van der Waals surface area contributed by atoms with Crippen molar-refractivity contribution in [2.24, 2.45) is 5.73 Å². The number of esters is 1. The largest absolute Gasteiger partial charge is 0.497 e. The van der Waals surface area contributed by atoms with Gasteiger partial charge in [-0.15, -0.1) is 16.4 Å². The molecule has 2 aromatic heterocycles. The summed E-state index contributed by atoms with van der Waals surface area (Å²) in [5, 5.41) is 24.2. The van der Waals surface area contributed by atoms with E-state index in [0.29, 0.717) is 15.9 Å². The number of carbonyl (C=O) groups excluding carboxylic acids is 1. The van der Waals surface area contributed by atoms with Crippen LogP contribution in [0, 0.1) is 11.2 Å². The van der Waals surface area contributed by atoms with Crippen molar-refractivity contribution < 1.29 is 46.5 Å². The number of alkyl halides is 3. The lowest BCUT2D eigenvalue weighted by Gasteiger charge is -2.21. The molecule has 0 spiro atoms. The first-order chi connectivity index (χ1) is 20.8. The Balaban J connectivity index is 1.75. The molecule has 4 rings (SSSR count). The zero-order chi connectivity index (χ0) is 32.2. The van der Waals surface area contributed by atoms with Gasteiger partial charge in [0.2, 0.25) is 0 Å². The molecule has 0 aliphatic heterocycles. The summed E-state index contributed by atoms with van der Waals surface area (Å²) in [5.74, 6) is -6.06. The van der Waals surface area contributed by atoms with Gasteiger partial charge < -0.3 is 30.4 Å². The second-order valence-corrected chi connectivity index (χ2v) is 9.47. The Kier molecular flexibility index (Phi) is 9.17. The number of carbonyl (C=O) groups is 2. The number of nitrogens with one attached hydrogen (secondary N) is 3. The van der Waals surface area contributed by atoms with Crippen molar-refractivity contribution >= 4 is 34.8 Å². The highest BCUT2D eigenvalue weighted by Crippen LogP contribution is 2.35. The minimum atomic E-state index is -5.22. The highest BCUT2D eigenvalue weighted by molar-refractivity contribution is 7.12. The van der Waals surface area contributed by atoms with Gasteiger partial charge in [-0.05, 0) is 30.3 Å². The van der Waals surface area contributed by atoms with E-state index in [1.807, 2.05) is 0 Å². The molecular formula is C25H21F4N7O7S. The number of methoxy groups -OCH3 is 1. The van der Waals surface area contributed by atoms with Gasteiger partial charge >= 0.3 is 23.8 Å². The van der Waals surface area contributed by atoms with Crippen LogP contribution in [0.15, 0.2) is 46.7 Å². The predicted molar refractivity (Wildman–Crippen MR) is 145 cm³/mol. The number of benzene rings is 2. The first-order valence-electron chi connectivity index (χ1n) is 12.1. The number of aromatic carboxylic acids is 1. The smallest absolute Gasteiger partial charge is 0.490 e. The van der Waals surface area contributed by atoms with Crippen molar-refractivity contribution in [1.29, 1.82) is 5.41 Å². The van der Waals surface area contributed by atoms with Gasteiger partial charge in [0.15, 0.2) is 28.1 Å². The molecule has 19 heteroatoms. The predicted octanol–water partition coefficient (Wildman–Crippen LogP) is 2.83. The van der Waals surface area contributed by atoms with Gasteiger partial charge in [-0.2, -0.15) is 17.9 Å². The maximum atomic E-state index is 16.0. The summed E-state index contributed by atoms with van der Waals surface area (Å²) in [5.41, 5.74) is 6.27. The molecule has 1 unspecified atom stereocenters. The number of aromatic amines is 1. The molecule has 0 aliphatic rings. The first-order valence-corrected chi connectivity index (χ1v) is 13.0. The fourth-order valence-corrected chi connectivity index (χ4v) is 4.35. The molecule has 0 saturated carbocycles. The SMILES string of the molecule is COc1cc(OCCOC(=O)C(F)(F)F)c(F)c(C(Nc2ccc(C(=N)N)cc2)c2nn(-c3ncsc3C(=O)O)c(=O)[nH]2)c1. The number of carboxylic acid groups (broad SMARTS) is 1. The van der Waals surface area contributed by atoms with E-state index in [0.717, 1.165) is 17.4 Å². The van der Waals surface area contributed by atoms with E-state index in [9.17, 15) is 32.7 Å². The molecular weight excluding hydrogens is 618 g/mol. The number of H-pyrrole nitrogens is 1. The molecule has 0 amide bonds. The second kappa shape index (κ2) is 12.8. The van der Waals surface area contributed by atoms with Crippen LogP contribution in [-0.2, 0) is 9.53 Å². The van der Waals surface area contributed by atoms with Crippen LogP contribution >= 0.6 is 11.3 Å². The third-order valence-electron chi connectivity index (χ3n) is 5.75. The molecule has 0 radical (unpaired) electrons. The van der Waals surface area contributed by atoms with Crippen LogP contribution in [0.5, 0.6) is 11.5 Å². The molecule has 0 saturated heterocycles. The maximum absolute atomic E-state index is 16.0. The molecule has 2 aromatic carbocycles. The van der Waals surface area contributed by atoms with Gasteiger partial charge in [-0.1, -0.05) is 0 Å². The van der Waals surface area contributed by atoms with E-state index in [1.54, 1.807) is 0 Å². The lowest BCUT2D eigenvalue weighted by atomic mass is 10.0. The van der Waals surface area contributed by atoms with Crippen LogP contribution in [0.2, 0.25) is 0 Å². The van der Waals surface area contributed by atoms with Crippen molar-refractivity contribution in [2.45, 2.75) is 12.2 Å². The number of aromatic nitrogens is 4. The van der Waals surface area contributed by atoms with E-state index in [-0.39, 0.29) is 33.7 Å². The number of nitrogen functional groups attached to an aromatic ring is 1. The number of nitrogens with two attached hydrogens (primary N) is 1. The number of amidine groups is 1. The number of carboxylic acids is 1. The molecule has 232 valence electrons. The molecule has 0 bridgehead atoms. The number of nitrogens with zero attached hydrogens (tertiary/aromatic N) is 3. The third kappa shape index (κ3) is 6.94. The third-order valence-corrected chi connectivity index (χ3v) is 6.56. The maximum Gasteiger partial charge on any atom is 0.490 e. The molecule has 2 heterocycles. The number of halogens is 4. The molecule has 6 N–H and O–H groups in total. The van der Waals surface area contributed by atoms with Crippen LogP contribution in [-0.4, -0.2) is 69.1 Å². The van der Waals surface area contributed by atoms with E-state index < -0.39 is 54.6 Å². The van der Waals surface area contributed by atoms with Gasteiger partial charge in [-0.25, -0.2) is 23.8 Å². The number of ether oxygens (including phenoxy) is 3. The van der Waals surface area contributed by atoms with Gasteiger partial charge in [0.25, 0.3) is 0 Å². The van der Waals surface area contributed by atoms with Crippen molar-refractivity contribution in [1.82, 2.24) is 19.7 Å². The van der Waals surface area contributed by atoms with Crippen LogP contribution < -0.4 is 26.2 Å². The minimum Gasteiger partial charge on any atom is -0.497 e. The Morgan fingerprint density at radius 3 is 2.55 bits per heavy atom. The Bertz CT molecular complexity index is 1750. The molecule has 44 heavy (non-hydrogen) atoms. The lowest BCUT2D eigenvalue weighted by molar-refractivity contribution is -0.200. The number of thiazole rings is 1. The van der Waals surface area contributed by atoms with E-state index in [2.05, 4.69) is 25.1 Å². The molecule has 0 aliphatic carbocycles. The number of hydrogen-bond acceptors (Lipinski definition) is 11. The van der Waals surface area contributed by atoms with Crippen molar-refractivity contribution in [2.75, 3.05) is 25.6 Å². The zero-order valence-corrected chi connectivity index (χ0v) is 23.1. The first kappa shape index (κ1) is 31.5. The summed E-state index contributed by atoms with van der Waals surface area (Å²) in [6.07, 6.45) is -5.22. The molecule has 4 aromatic rings. The monoisotopic (exact) mass is 639 g/mol. The summed E-state index contributed by atoms with van der Waals surface area (Å²) in [6.45, 7) is -1.52. The van der Waals surface area contributed by atoms with E-state index >= 15 is 4.39 Å². The molecule has 0 fully saturated rings. The highest BCUT2D eigenvalue weighted by Gasteiger charge is 2.40. The van der Waals surface area contributed by atoms with E-state index in [1.165, 1.54) is 43.0 Å². The standard InChI is InChI=1S/C25H21F4N7O7S/c1-41-13-8-14(16(26)15(9-13)42-6-7-43-23(39)25(27,28)29)17(33-12-4-2-11(3-5-12)19(30)31)20-34-24(40)36(35-20)21-18(22(37)38)44-10-32-21/h2-5,8-10,17,33H,6-7H2,1H3,(H3,30,31)(H,37,38)(H,34,35,40). The molecule has 1 atom stereocenters. The summed E-state index contributed by atoms with van der Waals surface area (Å²) in [7, 11) is 1.25. The average molecular weight is 640 g/mol. The highest BCUT2D eigenvalue weighted by atomic mass is 32.1. The summed E-state index contributed by atoms with van der Waals surface area (Å²) in [4.78, 5) is 41.5. The normalized spacial score (nSPS) is 11.9. The van der Waals surface area contributed by atoms with E-state index in [4.69, 9.17) is 20.6 Å². The number of rotatable bonds is 12. The molecule has 14 nitrogen and oxygen atoms in total. The van der Waals surface area contributed by atoms with Gasteiger partial charge in [0, 0.05) is 22.9 Å².